The fraction of sp³-hybridized carbons (Fsp3) is 0.263. The molecule has 0 aliphatic carbocycles. The van der Waals surface area contributed by atoms with Crippen LogP contribution in [0.2, 0.25) is 0 Å². The van der Waals surface area contributed by atoms with Gasteiger partial charge in [0.15, 0.2) is 29.0 Å². The standard InChI is InChI=1S/C19H19F3N2O4/c1-11(25)24(9-12-4-7-15(27-2)16(8-12)28-3)10-17(26)23-14-6-5-13(20)18(21)19(14)22/h4-8H,9-10H2,1-3H3,(H,23,26). The summed E-state index contributed by atoms with van der Waals surface area (Å²) in [5.41, 5.74) is 0.151. The van der Waals surface area contributed by atoms with Crippen LogP contribution in [0.25, 0.3) is 0 Å². The number of nitrogens with one attached hydrogen (secondary N) is 1. The van der Waals surface area contributed by atoms with Gasteiger partial charge in [0.2, 0.25) is 11.8 Å². The molecule has 28 heavy (non-hydrogen) atoms. The number of rotatable bonds is 7. The molecule has 0 spiro atoms. The van der Waals surface area contributed by atoms with Crippen LogP contribution in [0, 0.1) is 17.5 Å². The Morgan fingerprint density at radius 2 is 1.68 bits per heavy atom. The second-order valence-electron chi connectivity index (χ2n) is 5.84. The fourth-order valence-corrected chi connectivity index (χ4v) is 2.46. The Bertz CT molecular complexity index is 890. The van der Waals surface area contributed by atoms with Gasteiger partial charge in [-0.05, 0) is 29.8 Å². The van der Waals surface area contributed by atoms with Crippen LogP contribution < -0.4 is 14.8 Å². The number of amides is 2. The van der Waals surface area contributed by atoms with E-state index in [0.717, 1.165) is 6.07 Å². The van der Waals surface area contributed by atoms with Crippen molar-refractivity contribution < 1.29 is 32.2 Å². The Hall–Kier alpha value is -3.23. The molecule has 0 aliphatic rings. The molecule has 0 radical (unpaired) electrons. The van der Waals surface area contributed by atoms with Gasteiger partial charge in [0.25, 0.3) is 0 Å². The number of hydrogen-bond acceptors (Lipinski definition) is 4. The van der Waals surface area contributed by atoms with E-state index in [1.54, 1.807) is 18.2 Å². The first-order chi connectivity index (χ1) is 13.3. The molecule has 0 saturated heterocycles. The molecule has 9 heteroatoms. The number of carbonyl (C=O) groups is 2. The minimum Gasteiger partial charge on any atom is -0.493 e. The topological polar surface area (TPSA) is 67.9 Å². The second kappa shape index (κ2) is 9.12. The van der Waals surface area contributed by atoms with Crippen molar-refractivity contribution in [1.82, 2.24) is 4.90 Å². The molecular formula is C19H19F3N2O4. The lowest BCUT2D eigenvalue weighted by molar-refractivity contribution is -0.133. The third-order valence-corrected chi connectivity index (χ3v) is 3.91. The molecule has 2 aromatic carbocycles. The van der Waals surface area contributed by atoms with Crippen molar-refractivity contribution in [3.63, 3.8) is 0 Å². The Morgan fingerprint density at radius 1 is 1.00 bits per heavy atom. The molecular weight excluding hydrogens is 377 g/mol. The van der Waals surface area contributed by atoms with Crippen molar-refractivity contribution in [1.29, 1.82) is 0 Å². The summed E-state index contributed by atoms with van der Waals surface area (Å²) in [6.45, 7) is 0.928. The molecule has 0 atom stereocenters. The zero-order valence-corrected chi connectivity index (χ0v) is 15.5. The van der Waals surface area contributed by atoms with E-state index in [1.165, 1.54) is 26.0 Å². The quantitative estimate of drug-likeness (QED) is 0.731. The molecule has 0 aromatic heterocycles. The molecule has 6 nitrogen and oxygen atoms in total. The highest BCUT2D eigenvalue weighted by atomic mass is 19.2. The average Bonchev–Trinajstić information content (AvgIpc) is 2.67. The van der Waals surface area contributed by atoms with Crippen LogP contribution in [0.4, 0.5) is 18.9 Å². The smallest absolute Gasteiger partial charge is 0.244 e. The van der Waals surface area contributed by atoms with Gasteiger partial charge in [-0.1, -0.05) is 6.07 Å². The number of methoxy groups -OCH3 is 2. The number of ether oxygens (including phenoxy) is 2. The van der Waals surface area contributed by atoms with Crippen LogP contribution in [0.15, 0.2) is 30.3 Å². The SMILES string of the molecule is COc1ccc(CN(CC(=O)Nc2ccc(F)c(F)c2F)C(C)=O)cc1OC. The predicted octanol–water partition coefficient (Wildman–Crippen LogP) is 3.11. The van der Waals surface area contributed by atoms with Crippen LogP contribution in [-0.2, 0) is 16.1 Å². The van der Waals surface area contributed by atoms with E-state index in [0.29, 0.717) is 23.1 Å². The van der Waals surface area contributed by atoms with Crippen LogP contribution in [-0.4, -0.2) is 37.5 Å². The lowest BCUT2D eigenvalue weighted by Crippen LogP contribution is -2.36. The van der Waals surface area contributed by atoms with Gasteiger partial charge in [0, 0.05) is 13.5 Å². The molecule has 2 aromatic rings. The normalized spacial score (nSPS) is 10.4. The molecule has 0 fully saturated rings. The van der Waals surface area contributed by atoms with Crippen LogP contribution in [0.5, 0.6) is 11.5 Å². The van der Waals surface area contributed by atoms with Gasteiger partial charge in [-0.2, -0.15) is 0 Å². The minimum absolute atomic E-state index is 0.0728. The second-order valence-corrected chi connectivity index (χ2v) is 5.84. The van der Waals surface area contributed by atoms with Crippen molar-refractivity contribution in [3.05, 3.63) is 53.3 Å². The van der Waals surface area contributed by atoms with E-state index in [4.69, 9.17) is 9.47 Å². The van der Waals surface area contributed by atoms with Crippen molar-refractivity contribution in [2.45, 2.75) is 13.5 Å². The first-order valence-corrected chi connectivity index (χ1v) is 8.16. The van der Waals surface area contributed by atoms with Gasteiger partial charge >= 0.3 is 0 Å². The van der Waals surface area contributed by atoms with E-state index >= 15 is 0 Å². The van der Waals surface area contributed by atoms with Crippen LogP contribution in [0.3, 0.4) is 0 Å². The highest BCUT2D eigenvalue weighted by molar-refractivity contribution is 5.94. The minimum atomic E-state index is -1.69. The summed E-state index contributed by atoms with van der Waals surface area (Å²) in [6.07, 6.45) is 0. The molecule has 150 valence electrons. The molecule has 2 rings (SSSR count). The zero-order chi connectivity index (χ0) is 20.8. The largest absolute Gasteiger partial charge is 0.493 e. The third kappa shape index (κ3) is 4.93. The summed E-state index contributed by atoms with van der Waals surface area (Å²) in [5, 5.41) is 2.13. The maximum absolute atomic E-state index is 13.7. The van der Waals surface area contributed by atoms with Crippen molar-refractivity contribution in [2.24, 2.45) is 0 Å². The highest BCUT2D eigenvalue weighted by Gasteiger charge is 2.19. The van der Waals surface area contributed by atoms with Gasteiger partial charge in [-0.25, -0.2) is 13.2 Å². The maximum atomic E-state index is 13.7. The lowest BCUT2D eigenvalue weighted by Gasteiger charge is -2.21. The molecule has 0 saturated carbocycles. The molecule has 0 heterocycles. The van der Waals surface area contributed by atoms with E-state index in [1.807, 2.05) is 0 Å². The summed E-state index contributed by atoms with van der Waals surface area (Å²) in [6, 6.07) is 6.60. The predicted molar refractivity (Wildman–Crippen MR) is 95.6 cm³/mol. The fourth-order valence-electron chi connectivity index (χ4n) is 2.46. The molecule has 0 unspecified atom stereocenters. The van der Waals surface area contributed by atoms with Crippen molar-refractivity contribution in [2.75, 3.05) is 26.1 Å². The number of anilines is 1. The van der Waals surface area contributed by atoms with Gasteiger partial charge in [0.05, 0.1) is 19.9 Å². The van der Waals surface area contributed by atoms with Gasteiger partial charge in [-0.3, -0.25) is 9.59 Å². The summed E-state index contributed by atoms with van der Waals surface area (Å²) in [5.74, 6) is -4.77. The number of nitrogens with zero attached hydrogens (tertiary/aromatic N) is 1. The molecule has 1 N–H and O–H groups in total. The summed E-state index contributed by atoms with van der Waals surface area (Å²) in [4.78, 5) is 25.2. The zero-order valence-electron chi connectivity index (χ0n) is 15.5. The first-order valence-electron chi connectivity index (χ1n) is 8.16. The molecule has 0 aliphatic heterocycles. The van der Waals surface area contributed by atoms with Crippen LogP contribution >= 0.6 is 0 Å². The van der Waals surface area contributed by atoms with E-state index < -0.39 is 41.5 Å². The summed E-state index contributed by atoms with van der Waals surface area (Å²) >= 11 is 0. The van der Waals surface area contributed by atoms with E-state index in [2.05, 4.69) is 5.32 Å². The number of halogens is 3. The molecule has 0 bridgehead atoms. The van der Waals surface area contributed by atoms with Gasteiger partial charge in [-0.15, -0.1) is 0 Å². The van der Waals surface area contributed by atoms with Gasteiger partial charge in [0.1, 0.15) is 6.54 Å². The number of carbonyl (C=O) groups excluding carboxylic acids is 2. The Morgan fingerprint density at radius 3 is 2.29 bits per heavy atom. The third-order valence-electron chi connectivity index (χ3n) is 3.91. The Kier molecular flexibility index (Phi) is 6.86. The lowest BCUT2D eigenvalue weighted by atomic mass is 10.2. The van der Waals surface area contributed by atoms with Crippen molar-refractivity contribution >= 4 is 17.5 Å². The summed E-state index contributed by atoms with van der Waals surface area (Å²) < 4.78 is 50.3. The van der Waals surface area contributed by atoms with Crippen molar-refractivity contribution in [3.8, 4) is 11.5 Å². The number of hydrogen-bond donors (Lipinski definition) is 1. The maximum Gasteiger partial charge on any atom is 0.244 e. The first kappa shape index (κ1) is 21.1. The Labute approximate surface area is 159 Å². The summed E-state index contributed by atoms with van der Waals surface area (Å²) in [7, 11) is 2.95. The van der Waals surface area contributed by atoms with E-state index in [9.17, 15) is 22.8 Å². The van der Waals surface area contributed by atoms with Crippen LogP contribution in [0.1, 0.15) is 12.5 Å². The molecule has 2 amide bonds. The highest BCUT2D eigenvalue weighted by Crippen LogP contribution is 2.28. The number of benzene rings is 2. The van der Waals surface area contributed by atoms with Gasteiger partial charge < -0.3 is 19.7 Å². The monoisotopic (exact) mass is 396 g/mol. The van der Waals surface area contributed by atoms with E-state index in [-0.39, 0.29) is 6.54 Å². The Balaban J connectivity index is 2.12. The average molecular weight is 396 g/mol.